The summed E-state index contributed by atoms with van der Waals surface area (Å²) in [6, 6.07) is 0. The number of H-pyrrole nitrogens is 1. The van der Waals surface area contributed by atoms with Crippen LogP contribution in [-0.2, 0) is 11.3 Å². The number of aromatic amines is 1. The van der Waals surface area contributed by atoms with Crippen LogP contribution in [0.15, 0.2) is 9.59 Å². The largest absolute Gasteiger partial charge is 0.385 e. The Labute approximate surface area is 109 Å². The van der Waals surface area contributed by atoms with Gasteiger partial charge < -0.3 is 4.74 Å². The predicted octanol–water partition coefficient (Wildman–Crippen LogP) is 1.39. The van der Waals surface area contributed by atoms with Crippen molar-refractivity contribution in [3.63, 3.8) is 0 Å². The van der Waals surface area contributed by atoms with Gasteiger partial charge in [0.2, 0.25) is 5.82 Å². The number of hydrogen-bond acceptors (Lipinski definition) is 3. The molecule has 0 aliphatic heterocycles. The normalized spacial score (nSPS) is 11.8. The van der Waals surface area contributed by atoms with E-state index in [0.717, 1.165) is 4.57 Å². The number of nitrogens with one attached hydrogen (secondary N) is 1. The molecule has 0 radical (unpaired) electrons. The molecule has 0 saturated carbocycles. The third-order valence-electron chi connectivity index (χ3n) is 2.66. The van der Waals surface area contributed by atoms with E-state index in [9.17, 15) is 14.0 Å². The van der Waals surface area contributed by atoms with E-state index in [0.29, 0.717) is 13.0 Å². The van der Waals surface area contributed by atoms with E-state index in [1.165, 1.54) is 0 Å². The number of methoxy groups -OCH3 is 1. The molecule has 1 heterocycles. The maximum Gasteiger partial charge on any atom is 0.329 e. The zero-order valence-corrected chi connectivity index (χ0v) is 11.3. The Morgan fingerprint density at radius 2 is 2.06 bits per heavy atom. The lowest BCUT2D eigenvalue weighted by Gasteiger charge is -2.24. The van der Waals surface area contributed by atoms with Crippen molar-refractivity contribution in [1.82, 2.24) is 9.55 Å². The first kappa shape index (κ1) is 14.9. The third kappa shape index (κ3) is 3.43. The van der Waals surface area contributed by atoms with Crippen molar-refractivity contribution < 1.29 is 9.13 Å². The van der Waals surface area contributed by atoms with E-state index in [1.807, 2.05) is 13.8 Å². The van der Waals surface area contributed by atoms with Gasteiger partial charge in [0.15, 0.2) is 5.15 Å². The summed E-state index contributed by atoms with van der Waals surface area (Å²) in [6.45, 7) is 4.32. The van der Waals surface area contributed by atoms with E-state index in [1.54, 1.807) is 7.11 Å². The zero-order chi connectivity index (χ0) is 13.9. The quantitative estimate of drug-likeness (QED) is 0.828. The molecule has 7 heteroatoms. The number of hydrogen-bond donors (Lipinski definition) is 1. The van der Waals surface area contributed by atoms with Gasteiger partial charge in [-0.15, -0.1) is 0 Å². The molecule has 5 nitrogen and oxygen atoms in total. The number of rotatable bonds is 5. The van der Waals surface area contributed by atoms with Crippen molar-refractivity contribution in [1.29, 1.82) is 0 Å². The molecule has 1 N–H and O–H groups in total. The molecule has 0 aliphatic rings. The lowest BCUT2D eigenvalue weighted by Crippen LogP contribution is -2.41. The molecule has 102 valence electrons. The molecule has 0 spiro atoms. The summed E-state index contributed by atoms with van der Waals surface area (Å²) in [5, 5.41) is -0.559. The van der Waals surface area contributed by atoms with Crippen LogP contribution >= 0.6 is 11.6 Å². The fourth-order valence-electron chi connectivity index (χ4n) is 1.55. The highest BCUT2D eigenvalue weighted by Gasteiger charge is 2.22. The molecule has 0 aliphatic carbocycles. The second-order valence-corrected chi connectivity index (χ2v) is 5.23. The van der Waals surface area contributed by atoms with Crippen LogP contribution in [0.2, 0.25) is 5.15 Å². The van der Waals surface area contributed by atoms with Gasteiger partial charge in [-0.05, 0) is 11.8 Å². The minimum absolute atomic E-state index is 0.0958. The Bertz CT molecular complexity index is 536. The van der Waals surface area contributed by atoms with Gasteiger partial charge in [0.1, 0.15) is 0 Å². The fraction of sp³-hybridized carbons (Fsp3) is 0.636. The molecule has 1 aromatic heterocycles. The summed E-state index contributed by atoms with van der Waals surface area (Å²) in [6.07, 6.45) is 0.639. The van der Waals surface area contributed by atoms with Gasteiger partial charge in [0, 0.05) is 20.3 Å². The highest BCUT2D eigenvalue weighted by Crippen LogP contribution is 2.21. The molecular formula is C11H16ClFN2O3. The molecule has 0 amide bonds. The second kappa shape index (κ2) is 5.67. The maximum atomic E-state index is 13.3. The van der Waals surface area contributed by atoms with Crippen LogP contribution in [0.25, 0.3) is 0 Å². The van der Waals surface area contributed by atoms with Crippen LogP contribution in [0, 0.1) is 11.2 Å². The van der Waals surface area contributed by atoms with E-state index >= 15 is 0 Å². The van der Waals surface area contributed by atoms with Gasteiger partial charge in [0.25, 0.3) is 5.56 Å². The Hall–Kier alpha value is -1.14. The fourth-order valence-corrected chi connectivity index (χ4v) is 1.71. The van der Waals surface area contributed by atoms with Gasteiger partial charge in [0.05, 0.1) is 0 Å². The molecule has 1 aromatic rings. The van der Waals surface area contributed by atoms with Crippen molar-refractivity contribution in [3.05, 3.63) is 31.8 Å². The van der Waals surface area contributed by atoms with Crippen LogP contribution in [0.1, 0.15) is 20.3 Å². The first-order valence-electron chi connectivity index (χ1n) is 5.45. The Morgan fingerprint density at radius 3 is 2.61 bits per heavy atom. The van der Waals surface area contributed by atoms with Crippen molar-refractivity contribution in [2.75, 3.05) is 13.7 Å². The molecule has 0 atom stereocenters. The predicted molar refractivity (Wildman–Crippen MR) is 66.6 cm³/mol. The molecule has 0 saturated heterocycles. The molecule has 0 unspecified atom stereocenters. The molecule has 0 bridgehead atoms. The average Bonchev–Trinajstić information content (AvgIpc) is 2.29. The second-order valence-electron chi connectivity index (χ2n) is 4.86. The average molecular weight is 279 g/mol. The van der Waals surface area contributed by atoms with Crippen molar-refractivity contribution in [2.45, 2.75) is 26.8 Å². The first-order chi connectivity index (χ1) is 8.28. The summed E-state index contributed by atoms with van der Waals surface area (Å²) in [5.74, 6) is -1.14. The number of halogens is 2. The van der Waals surface area contributed by atoms with Gasteiger partial charge in [-0.3, -0.25) is 14.3 Å². The highest BCUT2D eigenvalue weighted by atomic mass is 35.5. The van der Waals surface area contributed by atoms with Crippen LogP contribution < -0.4 is 11.2 Å². The van der Waals surface area contributed by atoms with Crippen molar-refractivity contribution in [3.8, 4) is 0 Å². The lowest BCUT2D eigenvalue weighted by atomic mass is 9.89. The van der Waals surface area contributed by atoms with Crippen molar-refractivity contribution in [2.24, 2.45) is 5.41 Å². The van der Waals surface area contributed by atoms with E-state index < -0.39 is 22.2 Å². The summed E-state index contributed by atoms with van der Waals surface area (Å²) >= 11 is 5.38. The Balaban J connectivity index is 3.09. The summed E-state index contributed by atoms with van der Waals surface area (Å²) in [4.78, 5) is 25.3. The van der Waals surface area contributed by atoms with Crippen LogP contribution in [-0.4, -0.2) is 23.3 Å². The Kier molecular flexibility index (Phi) is 4.70. The first-order valence-corrected chi connectivity index (χ1v) is 5.83. The van der Waals surface area contributed by atoms with Gasteiger partial charge in [-0.1, -0.05) is 25.4 Å². The van der Waals surface area contributed by atoms with Crippen molar-refractivity contribution >= 4 is 11.6 Å². The third-order valence-corrected chi connectivity index (χ3v) is 2.92. The zero-order valence-electron chi connectivity index (χ0n) is 10.5. The molecule has 1 rings (SSSR count). The molecule has 0 aromatic carbocycles. The van der Waals surface area contributed by atoms with Gasteiger partial charge >= 0.3 is 5.69 Å². The SMILES string of the molecule is COCCC(C)(C)Cn1c(=O)[nH]c(Cl)c(F)c1=O. The van der Waals surface area contributed by atoms with E-state index in [-0.39, 0.29) is 12.0 Å². The number of nitrogens with zero attached hydrogens (tertiary/aromatic N) is 1. The summed E-state index contributed by atoms with van der Waals surface area (Å²) in [7, 11) is 1.57. The van der Waals surface area contributed by atoms with Crippen LogP contribution in [0.3, 0.4) is 0 Å². The van der Waals surface area contributed by atoms with Crippen LogP contribution in [0.5, 0.6) is 0 Å². The highest BCUT2D eigenvalue weighted by molar-refractivity contribution is 6.29. The molecular weight excluding hydrogens is 263 g/mol. The van der Waals surface area contributed by atoms with E-state index in [4.69, 9.17) is 16.3 Å². The lowest BCUT2D eigenvalue weighted by molar-refractivity contribution is 0.140. The number of aromatic nitrogens is 2. The smallest absolute Gasteiger partial charge is 0.329 e. The van der Waals surface area contributed by atoms with Crippen LogP contribution in [0.4, 0.5) is 4.39 Å². The van der Waals surface area contributed by atoms with Gasteiger partial charge in [-0.2, -0.15) is 4.39 Å². The van der Waals surface area contributed by atoms with E-state index in [2.05, 4.69) is 4.98 Å². The standard InChI is InChI=1S/C11H16ClFN2O3/c1-11(2,4-5-18-3)6-15-9(16)7(13)8(12)14-10(15)17/h4-6H2,1-3H3,(H,14,17). The molecule has 0 fully saturated rings. The Morgan fingerprint density at radius 1 is 1.44 bits per heavy atom. The monoisotopic (exact) mass is 278 g/mol. The molecule has 18 heavy (non-hydrogen) atoms. The van der Waals surface area contributed by atoms with Gasteiger partial charge in [-0.25, -0.2) is 4.79 Å². The minimum atomic E-state index is -1.14. The summed E-state index contributed by atoms with van der Waals surface area (Å²) in [5.41, 5.74) is -2.08. The topological polar surface area (TPSA) is 64.1 Å². The minimum Gasteiger partial charge on any atom is -0.385 e. The maximum absolute atomic E-state index is 13.3. The summed E-state index contributed by atoms with van der Waals surface area (Å²) < 4.78 is 19.1. The number of ether oxygens (including phenoxy) is 1.